The first kappa shape index (κ1) is 12.2. The van der Waals surface area contributed by atoms with Crippen molar-refractivity contribution in [3.63, 3.8) is 0 Å². The molecule has 102 valence electrons. The zero-order chi connectivity index (χ0) is 14.1. The van der Waals surface area contributed by atoms with Crippen molar-refractivity contribution in [1.29, 1.82) is 0 Å². The average Bonchev–Trinajstić information content (AvgIpc) is 3.10. The molecule has 3 N–H and O–H groups in total. The molecule has 20 heavy (non-hydrogen) atoms. The van der Waals surface area contributed by atoms with Crippen LogP contribution in [0.2, 0.25) is 0 Å². The molecule has 0 aliphatic heterocycles. The van der Waals surface area contributed by atoms with Gasteiger partial charge in [-0.25, -0.2) is 18.6 Å². The van der Waals surface area contributed by atoms with Crippen molar-refractivity contribution in [2.45, 2.75) is 6.43 Å². The maximum absolute atomic E-state index is 12.6. The Morgan fingerprint density at radius 3 is 2.80 bits per heavy atom. The summed E-state index contributed by atoms with van der Waals surface area (Å²) in [5, 5.41) is 17.3. The molecule has 0 amide bonds. The van der Waals surface area contributed by atoms with Crippen molar-refractivity contribution in [2.75, 3.05) is 5.73 Å². The van der Waals surface area contributed by atoms with E-state index in [2.05, 4.69) is 25.7 Å². The molecular weight excluding hydrogens is 268 g/mol. The topological polar surface area (TPSA) is 98.3 Å². The van der Waals surface area contributed by atoms with Gasteiger partial charge < -0.3 is 5.73 Å². The summed E-state index contributed by atoms with van der Waals surface area (Å²) in [6.45, 7) is 0. The second-order valence-corrected chi connectivity index (χ2v) is 4.05. The fourth-order valence-electron chi connectivity index (χ4n) is 1.80. The van der Waals surface area contributed by atoms with E-state index in [4.69, 9.17) is 5.73 Å². The number of rotatable bonds is 3. The molecule has 0 saturated heterocycles. The standard InChI is InChI=1S/C11H9F2N7/c12-10(13)6-4-15-20(5-6)9-2-1-7(14)3-8(9)11-16-18-19-17-11/h1-5,10H,14H2,(H,16,17,18,19). The lowest BCUT2D eigenvalue weighted by Gasteiger charge is -2.07. The van der Waals surface area contributed by atoms with Gasteiger partial charge in [0.2, 0.25) is 0 Å². The first-order valence-corrected chi connectivity index (χ1v) is 5.62. The summed E-state index contributed by atoms with van der Waals surface area (Å²) in [6.07, 6.45) is -0.208. The van der Waals surface area contributed by atoms with Gasteiger partial charge in [-0.05, 0) is 28.6 Å². The lowest BCUT2D eigenvalue weighted by atomic mass is 10.1. The van der Waals surface area contributed by atoms with E-state index < -0.39 is 6.43 Å². The number of H-pyrrole nitrogens is 1. The minimum Gasteiger partial charge on any atom is -0.399 e. The Kier molecular flexibility index (Phi) is 2.86. The van der Waals surface area contributed by atoms with E-state index in [0.29, 0.717) is 22.8 Å². The highest BCUT2D eigenvalue weighted by Crippen LogP contribution is 2.27. The molecule has 0 aliphatic rings. The van der Waals surface area contributed by atoms with Crippen LogP contribution < -0.4 is 5.73 Å². The minimum atomic E-state index is -2.58. The number of hydrogen-bond acceptors (Lipinski definition) is 5. The third-order valence-electron chi connectivity index (χ3n) is 2.72. The van der Waals surface area contributed by atoms with Gasteiger partial charge in [0.1, 0.15) is 0 Å². The van der Waals surface area contributed by atoms with Crippen LogP contribution in [0.5, 0.6) is 0 Å². The Bertz CT molecular complexity index is 720. The van der Waals surface area contributed by atoms with Gasteiger partial charge in [-0.15, -0.1) is 5.10 Å². The van der Waals surface area contributed by atoms with Crippen molar-refractivity contribution < 1.29 is 8.78 Å². The predicted octanol–water partition coefficient (Wildman–Crippen LogP) is 1.57. The summed E-state index contributed by atoms with van der Waals surface area (Å²) in [5.41, 5.74) is 7.19. The van der Waals surface area contributed by atoms with E-state index in [1.54, 1.807) is 18.2 Å². The number of hydrogen-bond donors (Lipinski definition) is 2. The van der Waals surface area contributed by atoms with Gasteiger partial charge in [-0.1, -0.05) is 0 Å². The fourth-order valence-corrected chi connectivity index (χ4v) is 1.80. The van der Waals surface area contributed by atoms with Crippen molar-refractivity contribution >= 4 is 5.69 Å². The van der Waals surface area contributed by atoms with Gasteiger partial charge in [0.25, 0.3) is 6.43 Å². The number of nitrogens with two attached hydrogens (primary N) is 1. The molecule has 0 aliphatic carbocycles. The number of nitrogens with zero attached hydrogens (tertiary/aromatic N) is 5. The van der Waals surface area contributed by atoms with Gasteiger partial charge in [-0.2, -0.15) is 5.10 Å². The molecule has 3 aromatic rings. The number of nitrogens with one attached hydrogen (secondary N) is 1. The largest absolute Gasteiger partial charge is 0.399 e. The molecule has 0 spiro atoms. The molecule has 0 fully saturated rings. The fraction of sp³-hybridized carbons (Fsp3) is 0.0909. The molecule has 0 atom stereocenters. The van der Waals surface area contributed by atoms with Crippen LogP contribution in [0.4, 0.5) is 14.5 Å². The van der Waals surface area contributed by atoms with E-state index in [-0.39, 0.29) is 5.56 Å². The predicted molar refractivity (Wildman–Crippen MR) is 66.1 cm³/mol. The van der Waals surface area contributed by atoms with Crippen LogP contribution in [0.1, 0.15) is 12.0 Å². The summed E-state index contributed by atoms with van der Waals surface area (Å²) in [5.74, 6) is 0.376. The number of anilines is 1. The Labute approximate surface area is 111 Å². The van der Waals surface area contributed by atoms with Crippen LogP contribution in [0.3, 0.4) is 0 Å². The van der Waals surface area contributed by atoms with Crippen molar-refractivity contribution in [3.05, 3.63) is 36.2 Å². The molecule has 0 saturated carbocycles. The van der Waals surface area contributed by atoms with Gasteiger partial charge in [-0.3, -0.25) is 0 Å². The van der Waals surface area contributed by atoms with Gasteiger partial charge in [0.15, 0.2) is 5.82 Å². The number of benzene rings is 1. The van der Waals surface area contributed by atoms with Crippen LogP contribution in [0, 0.1) is 0 Å². The highest BCUT2D eigenvalue weighted by atomic mass is 19.3. The summed E-state index contributed by atoms with van der Waals surface area (Å²) >= 11 is 0. The second-order valence-electron chi connectivity index (χ2n) is 4.05. The molecule has 0 radical (unpaired) electrons. The quantitative estimate of drug-likeness (QED) is 0.708. The first-order chi connectivity index (χ1) is 9.65. The third-order valence-corrected chi connectivity index (χ3v) is 2.72. The van der Waals surface area contributed by atoms with Crippen molar-refractivity contribution in [1.82, 2.24) is 30.4 Å². The SMILES string of the molecule is Nc1ccc(-n2cc(C(F)F)cn2)c(-c2nnn[nH]2)c1. The number of aromatic nitrogens is 6. The van der Waals surface area contributed by atoms with Crippen LogP contribution in [-0.2, 0) is 0 Å². The molecular formula is C11H9F2N7. The Balaban J connectivity index is 2.13. The first-order valence-electron chi connectivity index (χ1n) is 5.62. The zero-order valence-corrected chi connectivity index (χ0v) is 10.0. The van der Waals surface area contributed by atoms with Crippen LogP contribution >= 0.6 is 0 Å². The molecule has 0 bridgehead atoms. The summed E-state index contributed by atoms with van der Waals surface area (Å²) in [7, 11) is 0. The van der Waals surface area contributed by atoms with Gasteiger partial charge in [0.05, 0.1) is 17.4 Å². The molecule has 0 unspecified atom stereocenters. The number of tetrazole rings is 1. The van der Waals surface area contributed by atoms with E-state index >= 15 is 0 Å². The lowest BCUT2D eigenvalue weighted by molar-refractivity contribution is 0.151. The Hall–Kier alpha value is -2.84. The molecule has 3 rings (SSSR count). The number of alkyl halides is 2. The smallest absolute Gasteiger partial charge is 0.266 e. The van der Waals surface area contributed by atoms with E-state index in [1.807, 2.05) is 0 Å². The monoisotopic (exact) mass is 277 g/mol. The van der Waals surface area contributed by atoms with E-state index in [0.717, 1.165) is 6.20 Å². The number of nitrogen functional groups attached to an aromatic ring is 1. The van der Waals surface area contributed by atoms with Crippen LogP contribution in [-0.4, -0.2) is 30.4 Å². The van der Waals surface area contributed by atoms with Gasteiger partial charge >= 0.3 is 0 Å². The number of halogens is 2. The molecule has 1 aromatic carbocycles. The lowest BCUT2D eigenvalue weighted by Crippen LogP contribution is -2.00. The highest BCUT2D eigenvalue weighted by molar-refractivity contribution is 5.71. The summed E-state index contributed by atoms with van der Waals surface area (Å²) in [4.78, 5) is 0. The molecule has 9 heteroatoms. The van der Waals surface area contributed by atoms with E-state index in [1.165, 1.54) is 10.9 Å². The molecule has 7 nitrogen and oxygen atoms in total. The van der Waals surface area contributed by atoms with Crippen molar-refractivity contribution in [3.8, 4) is 17.1 Å². The normalized spacial score (nSPS) is 11.2. The van der Waals surface area contributed by atoms with Crippen LogP contribution in [0.15, 0.2) is 30.6 Å². The average molecular weight is 277 g/mol. The third kappa shape index (κ3) is 2.09. The minimum absolute atomic E-state index is 0.163. The molecule has 2 heterocycles. The Morgan fingerprint density at radius 2 is 2.15 bits per heavy atom. The molecule has 2 aromatic heterocycles. The summed E-state index contributed by atoms with van der Waals surface area (Å²) < 4.78 is 26.6. The van der Waals surface area contributed by atoms with Crippen molar-refractivity contribution in [2.24, 2.45) is 0 Å². The number of aromatic amines is 1. The Morgan fingerprint density at radius 1 is 1.30 bits per heavy atom. The summed E-state index contributed by atoms with van der Waals surface area (Å²) in [6, 6.07) is 4.95. The zero-order valence-electron chi connectivity index (χ0n) is 10.0. The maximum atomic E-state index is 12.6. The van der Waals surface area contributed by atoms with E-state index in [9.17, 15) is 8.78 Å². The van der Waals surface area contributed by atoms with Gasteiger partial charge in [0, 0.05) is 17.4 Å². The second kappa shape index (κ2) is 4.68. The maximum Gasteiger partial charge on any atom is 0.266 e. The highest BCUT2D eigenvalue weighted by Gasteiger charge is 2.15. The van der Waals surface area contributed by atoms with Crippen LogP contribution in [0.25, 0.3) is 17.1 Å².